The summed E-state index contributed by atoms with van der Waals surface area (Å²) in [5.41, 5.74) is 22.4. The zero-order valence-corrected chi connectivity index (χ0v) is 61.3. The van der Waals surface area contributed by atoms with Gasteiger partial charge in [-0.05, 0) is 144 Å². The van der Waals surface area contributed by atoms with Gasteiger partial charge in [-0.15, -0.1) is 22.1 Å². The number of hydrogen-bond acceptors (Lipinski definition) is 2. The molecule has 91 heavy (non-hydrogen) atoms. The predicted molar refractivity (Wildman–Crippen MR) is 396 cm³/mol. The van der Waals surface area contributed by atoms with E-state index in [0.717, 1.165) is 72.7 Å². The Hall–Kier alpha value is -6.24. The zero-order chi connectivity index (χ0) is 61.9. The number of benzene rings is 5. The third-order valence-electron chi connectivity index (χ3n) is 21.1. The zero-order valence-electron chi connectivity index (χ0n) is 56.3. The van der Waals surface area contributed by atoms with Gasteiger partial charge in [0.1, 0.15) is 16.1 Å². The van der Waals surface area contributed by atoms with Crippen LogP contribution in [0.5, 0.6) is 0 Å². The van der Waals surface area contributed by atoms with Gasteiger partial charge in [0.05, 0.1) is 22.8 Å². The molecular formula is C84H100N4Si2Zn. The third kappa shape index (κ3) is 14.0. The Kier molecular flexibility index (Phi) is 22.6. The smallest absolute Gasteiger partial charge is 0.657 e. The van der Waals surface area contributed by atoms with E-state index in [-0.39, 0.29) is 19.5 Å². The van der Waals surface area contributed by atoms with Crippen molar-refractivity contribution in [3.63, 3.8) is 0 Å². The number of unbranched alkanes of at least 4 members (excludes halogenated alkanes) is 20. The largest absolute Gasteiger partial charge is 2.00 e. The fraction of sp³-hybridized carbons (Fsp3) is 0.405. The van der Waals surface area contributed by atoms with Gasteiger partial charge in [0.25, 0.3) is 0 Å². The van der Waals surface area contributed by atoms with E-state index in [2.05, 4.69) is 199 Å². The first-order chi connectivity index (χ1) is 44.3. The molecule has 0 amide bonds. The maximum Gasteiger partial charge on any atom is 2.00 e. The summed E-state index contributed by atoms with van der Waals surface area (Å²) in [7, 11) is -4.39. The number of nitrogens with zero attached hydrogens (tertiary/aromatic N) is 4. The molecule has 4 aliphatic rings. The minimum atomic E-state index is -2.20. The molecule has 0 aliphatic carbocycles. The van der Waals surface area contributed by atoms with E-state index in [0.29, 0.717) is 0 Å². The van der Waals surface area contributed by atoms with Crippen LogP contribution in [0.2, 0.25) is 24.2 Å². The summed E-state index contributed by atoms with van der Waals surface area (Å²) in [4.78, 5) is 22.9. The molecular weight excluding hydrogens is 1190 g/mol. The molecule has 8 bridgehead atoms. The van der Waals surface area contributed by atoms with Gasteiger partial charge >= 0.3 is 19.5 Å². The molecule has 0 atom stereocenters. The van der Waals surface area contributed by atoms with Crippen molar-refractivity contribution >= 4 is 83.3 Å². The molecule has 0 saturated heterocycles. The van der Waals surface area contributed by atoms with Crippen LogP contribution in [0.3, 0.4) is 0 Å². The molecule has 8 aromatic rings. The molecule has 3 aromatic heterocycles. The molecule has 12 rings (SSSR count). The second-order valence-corrected chi connectivity index (χ2v) is 35.8. The number of aromatic nitrogens is 4. The molecule has 466 valence electrons. The summed E-state index contributed by atoms with van der Waals surface area (Å²) >= 11 is 0. The van der Waals surface area contributed by atoms with E-state index in [9.17, 15) is 0 Å². The Labute approximate surface area is 561 Å². The van der Waals surface area contributed by atoms with E-state index in [4.69, 9.17) is 19.9 Å². The fourth-order valence-electron chi connectivity index (χ4n) is 16.2. The van der Waals surface area contributed by atoms with E-state index in [1.165, 1.54) is 217 Å². The van der Waals surface area contributed by atoms with Gasteiger partial charge in [-0.25, -0.2) is 9.97 Å². The normalized spacial score (nSPS) is 13.7. The van der Waals surface area contributed by atoms with Crippen molar-refractivity contribution in [2.24, 2.45) is 0 Å². The molecule has 4 aliphatic heterocycles. The molecule has 7 heterocycles. The van der Waals surface area contributed by atoms with E-state index in [1.54, 1.807) is 20.7 Å². The fourth-order valence-corrected chi connectivity index (χ4v) is 27.5. The third-order valence-corrected chi connectivity index (χ3v) is 31.8. The molecule has 7 heteroatoms. The van der Waals surface area contributed by atoms with Gasteiger partial charge in [0.2, 0.25) is 0 Å². The molecule has 5 aromatic carbocycles. The predicted octanol–water partition coefficient (Wildman–Crippen LogP) is 22.1. The number of hydrogen-bond donors (Lipinski definition) is 0. The van der Waals surface area contributed by atoms with Crippen LogP contribution in [-0.4, -0.2) is 26.1 Å². The Morgan fingerprint density at radius 2 is 0.626 bits per heavy atom. The summed E-state index contributed by atoms with van der Waals surface area (Å²) < 4.78 is 0. The summed E-state index contributed by atoms with van der Waals surface area (Å²) in [5, 5.41) is 6.59. The Morgan fingerprint density at radius 1 is 0.308 bits per heavy atom. The van der Waals surface area contributed by atoms with Crippen LogP contribution < -0.4 is 30.7 Å². The molecule has 0 unspecified atom stereocenters. The molecule has 0 spiro atoms. The minimum Gasteiger partial charge on any atom is -0.657 e. The summed E-state index contributed by atoms with van der Waals surface area (Å²) in [6.07, 6.45) is 40.7. The average Bonchev–Trinajstić information content (AvgIpc) is 1.59. The molecule has 0 fully saturated rings. The van der Waals surface area contributed by atoms with Gasteiger partial charge in [-0.3, -0.25) is 0 Å². The van der Waals surface area contributed by atoms with Crippen LogP contribution in [0.15, 0.2) is 133 Å². The van der Waals surface area contributed by atoms with Gasteiger partial charge in [-0.2, -0.15) is 0 Å². The van der Waals surface area contributed by atoms with Gasteiger partial charge in [0, 0.05) is 0 Å². The summed E-state index contributed by atoms with van der Waals surface area (Å²) in [6.45, 7) is 13.7. The van der Waals surface area contributed by atoms with Gasteiger partial charge in [-0.1, -0.05) is 321 Å². The topological polar surface area (TPSA) is 54.0 Å². The Bertz CT molecular complexity index is 3860. The van der Waals surface area contributed by atoms with Crippen LogP contribution in [-0.2, 0) is 19.5 Å². The van der Waals surface area contributed by atoms with Crippen molar-refractivity contribution in [1.82, 2.24) is 19.9 Å². The van der Waals surface area contributed by atoms with Crippen LogP contribution in [0.4, 0.5) is 0 Å². The van der Waals surface area contributed by atoms with Crippen molar-refractivity contribution in [2.45, 2.75) is 220 Å². The van der Waals surface area contributed by atoms with Crippen molar-refractivity contribution in [3.05, 3.63) is 167 Å². The van der Waals surface area contributed by atoms with Crippen molar-refractivity contribution < 1.29 is 19.5 Å². The SMILES string of the molecule is CCCCCCCC[Si]1(CCCCCCCC)c2ccccc2-c2ccc(-c3c4nc(c(-c5ccc(C)cc5)c5ccc([n-]5)c(-c5ccc6c(c5)[Si](CCCCCCCC)(CCCCCCCC)c5ccccc5-6)c5nc(c(C)c6ccc3[n-]6)C=C5)C=C4)cc21.[Zn+2]. The summed E-state index contributed by atoms with van der Waals surface area (Å²) in [6, 6.07) is 57.4. The van der Waals surface area contributed by atoms with E-state index in [1.807, 2.05) is 0 Å². The molecule has 0 radical (unpaired) electrons. The second-order valence-electron chi connectivity index (χ2n) is 27.3. The molecule has 0 N–H and O–H groups in total. The standard InChI is InChI=1S/C84H100N4Si2.Zn/c1-7-11-15-19-23-31-55-89(56-32-24-20-16-12-8-2)78-37-29-27-35-66(78)68-45-43-64(59-80(68)89)83-74-49-47-70(85-74)62(6)71-48-50-75(86-71)84(77-54-52-73(88-77)82(72-51-53-76(83)87-72)63-41-39-61(5)40-42-63)65-44-46-69-67-36-28-30-38-79(67)90(81(69)60-65,57-33-25-21-17-13-9-3)58-34-26-22-18-14-10-4;/h27-30,35-54,59-60H,7-26,31-34,55-58H2,1-6H3;/q-2;+2. The van der Waals surface area contributed by atoms with Gasteiger partial charge in [0.15, 0.2) is 0 Å². The Balaban J connectivity index is 0.00000850. The first-order valence-corrected chi connectivity index (χ1v) is 40.7. The van der Waals surface area contributed by atoms with Crippen molar-refractivity contribution in [1.29, 1.82) is 0 Å². The van der Waals surface area contributed by atoms with E-state index >= 15 is 0 Å². The number of aryl methyl sites for hydroxylation is 2. The molecule has 4 nitrogen and oxygen atoms in total. The van der Waals surface area contributed by atoms with Crippen LogP contribution in [0, 0.1) is 13.8 Å². The molecule has 0 saturated carbocycles. The van der Waals surface area contributed by atoms with Gasteiger partial charge < -0.3 is 9.97 Å². The average molecular weight is 1290 g/mol. The number of fused-ring (bicyclic) bond motifs is 14. The monoisotopic (exact) mass is 1280 g/mol. The first-order valence-electron chi connectivity index (χ1n) is 35.9. The first kappa shape index (κ1) is 66.2. The minimum absolute atomic E-state index is 0. The van der Waals surface area contributed by atoms with E-state index < -0.39 is 16.1 Å². The second kappa shape index (κ2) is 31.1. The maximum atomic E-state index is 5.79. The maximum absolute atomic E-state index is 5.79. The summed E-state index contributed by atoms with van der Waals surface area (Å²) in [5.74, 6) is 0. The van der Waals surface area contributed by atoms with Crippen LogP contribution in [0.25, 0.3) is 102 Å². The Morgan fingerprint density at radius 3 is 1.04 bits per heavy atom. The van der Waals surface area contributed by atoms with Crippen molar-refractivity contribution in [2.75, 3.05) is 0 Å². The van der Waals surface area contributed by atoms with Crippen LogP contribution in [0.1, 0.15) is 216 Å². The number of rotatable bonds is 31. The van der Waals surface area contributed by atoms with Crippen molar-refractivity contribution in [3.8, 4) is 55.6 Å². The quantitative estimate of drug-likeness (QED) is 0.0321. The van der Waals surface area contributed by atoms with Crippen LogP contribution >= 0.6 is 0 Å².